The number of thiophene rings is 1. The number of carbonyl (C=O) groups excluding carboxylic acids is 1. The largest absolute Gasteiger partial charge is 0.313 e. The zero-order valence-corrected chi connectivity index (χ0v) is 19.1. The van der Waals surface area contributed by atoms with Gasteiger partial charge < -0.3 is 5.32 Å². The molecule has 1 amide bonds. The molecular weight excluding hydrogens is 407 g/mol. The van der Waals surface area contributed by atoms with Crippen molar-refractivity contribution in [1.82, 2.24) is 4.90 Å². The molecule has 0 spiro atoms. The Balaban J connectivity index is 1.78. The van der Waals surface area contributed by atoms with Crippen molar-refractivity contribution >= 4 is 22.2 Å². The molecular formula is C26H29FN2OS. The van der Waals surface area contributed by atoms with E-state index >= 15 is 4.39 Å². The molecule has 2 heterocycles. The minimum Gasteiger partial charge on any atom is -0.313 e. The van der Waals surface area contributed by atoms with Crippen molar-refractivity contribution < 1.29 is 9.18 Å². The van der Waals surface area contributed by atoms with Crippen LogP contribution < -0.4 is 5.32 Å². The van der Waals surface area contributed by atoms with E-state index in [1.165, 1.54) is 6.07 Å². The molecule has 5 heteroatoms. The van der Waals surface area contributed by atoms with Crippen LogP contribution in [0.5, 0.6) is 0 Å². The lowest BCUT2D eigenvalue weighted by Gasteiger charge is -2.38. The van der Waals surface area contributed by atoms with Crippen molar-refractivity contribution in [3.05, 3.63) is 87.5 Å². The monoisotopic (exact) mass is 436 g/mol. The summed E-state index contributed by atoms with van der Waals surface area (Å²) in [5, 5.41) is 3.95. The summed E-state index contributed by atoms with van der Waals surface area (Å²) in [6.45, 7) is 8.26. The molecule has 3 nitrogen and oxygen atoms in total. The van der Waals surface area contributed by atoms with Gasteiger partial charge in [0.15, 0.2) is 0 Å². The number of nitrogens with zero attached hydrogens (tertiary/aromatic N) is 1. The number of anilines is 1. The lowest BCUT2D eigenvalue weighted by molar-refractivity contribution is 0.102. The van der Waals surface area contributed by atoms with Gasteiger partial charge in [0.2, 0.25) is 0 Å². The molecule has 1 unspecified atom stereocenters. The molecule has 2 aromatic carbocycles. The topological polar surface area (TPSA) is 32.3 Å². The van der Waals surface area contributed by atoms with Crippen LogP contribution in [0.4, 0.5) is 9.39 Å². The zero-order chi connectivity index (χ0) is 22.0. The predicted octanol–water partition coefficient (Wildman–Crippen LogP) is 6.58. The van der Waals surface area contributed by atoms with Crippen LogP contribution in [0.2, 0.25) is 0 Å². The second kappa shape index (κ2) is 9.33. The molecule has 1 atom stereocenters. The van der Waals surface area contributed by atoms with Gasteiger partial charge in [-0.3, -0.25) is 9.69 Å². The van der Waals surface area contributed by atoms with Crippen LogP contribution in [0.3, 0.4) is 0 Å². The fourth-order valence-corrected chi connectivity index (χ4v) is 5.44. The number of carbonyl (C=O) groups is 1. The highest BCUT2D eigenvalue weighted by Gasteiger charge is 2.32. The fraction of sp³-hybridized carbons (Fsp3) is 0.346. The molecule has 162 valence electrons. The highest BCUT2D eigenvalue weighted by Crippen LogP contribution is 2.44. The molecule has 0 aliphatic carbocycles. The van der Waals surface area contributed by atoms with Crippen molar-refractivity contribution in [1.29, 1.82) is 0 Å². The number of rotatable bonds is 5. The predicted molar refractivity (Wildman–Crippen MR) is 126 cm³/mol. The van der Waals surface area contributed by atoms with E-state index in [4.69, 9.17) is 0 Å². The smallest absolute Gasteiger partial charge is 0.256 e. The summed E-state index contributed by atoms with van der Waals surface area (Å²) < 4.78 is 15.0. The number of likely N-dealkylation sites (tertiary alicyclic amines) is 1. The van der Waals surface area contributed by atoms with Crippen LogP contribution in [0.1, 0.15) is 57.7 Å². The summed E-state index contributed by atoms with van der Waals surface area (Å²) in [4.78, 5) is 16.5. The van der Waals surface area contributed by atoms with E-state index in [0.29, 0.717) is 17.0 Å². The molecule has 0 radical (unpaired) electrons. The molecule has 1 aromatic heterocycles. The van der Waals surface area contributed by atoms with Gasteiger partial charge in [-0.2, -0.15) is 0 Å². The van der Waals surface area contributed by atoms with E-state index in [-0.39, 0.29) is 17.8 Å². The fourth-order valence-electron chi connectivity index (χ4n) is 4.35. The Labute approximate surface area is 187 Å². The number of nitrogens with one attached hydrogen (secondary N) is 1. The minimum absolute atomic E-state index is 0.136. The Kier molecular flexibility index (Phi) is 6.54. The molecule has 0 bridgehead atoms. The van der Waals surface area contributed by atoms with E-state index in [9.17, 15) is 4.79 Å². The standard InChI is InChI=1S/C26H29FN2OS/c1-17-13-15-29(16-14-17)24(21-11-7-8-12-22(21)27)23-18(2)19(3)31-26(23)28-25(30)20-9-5-4-6-10-20/h4-12,17,24H,13-16H2,1-3H3,(H,28,30). The van der Waals surface area contributed by atoms with Crippen molar-refractivity contribution in [2.45, 2.75) is 39.7 Å². The number of aryl methyl sites for hydroxylation is 1. The number of piperidine rings is 1. The van der Waals surface area contributed by atoms with Gasteiger partial charge in [0, 0.05) is 21.6 Å². The van der Waals surface area contributed by atoms with Crippen LogP contribution in [-0.4, -0.2) is 23.9 Å². The van der Waals surface area contributed by atoms with Crippen LogP contribution in [0.25, 0.3) is 0 Å². The summed E-state index contributed by atoms with van der Waals surface area (Å²) in [5.74, 6) is 0.345. The molecule has 1 N–H and O–H groups in total. The van der Waals surface area contributed by atoms with Gasteiger partial charge in [-0.1, -0.05) is 43.3 Å². The SMILES string of the molecule is Cc1sc(NC(=O)c2ccccc2)c(C(c2ccccc2F)N2CCC(C)CC2)c1C. The third-order valence-electron chi connectivity index (χ3n) is 6.35. The Bertz CT molecular complexity index is 1050. The molecule has 3 aromatic rings. The molecule has 1 aliphatic heterocycles. The molecule has 4 rings (SSSR count). The Morgan fingerprint density at radius 3 is 2.39 bits per heavy atom. The van der Waals surface area contributed by atoms with Crippen molar-refractivity contribution in [3.8, 4) is 0 Å². The summed E-state index contributed by atoms with van der Waals surface area (Å²) in [5.41, 5.74) is 3.44. The first-order valence-corrected chi connectivity index (χ1v) is 11.7. The van der Waals surface area contributed by atoms with E-state index < -0.39 is 0 Å². The Hall–Kier alpha value is -2.50. The molecule has 0 saturated carbocycles. The zero-order valence-electron chi connectivity index (χ0n) is 18.3. The number of halogens is 1. The average Bonchev–Trinajstić information content (AvgIpc) is 3.05. The molecule has 1 saturated heterocycles. The van der Waals surface area contributed by atoms with E-state index in [1.54, 1.807) is 17.4 Å². The first-order valence-electron chi connectivity index (χ1n) is 10.9. The second-order valence-electron chi connectivity index (χ2n) is 8.49. The number of hydrogen-bond donors (Lipinski definition) is 1. The number of amides is 1. The summed E-state index contributed by atoms with van der Waals surface area (Å²) in [7, 11) is 0. The van der Waals surface area contributed by atoms with Gasteiger partial charge in [0.05, 0.1) is 6.04 Å². The summed E-state index contributed by atoms with van der Waals surface area (Å²) in [6.07, 6.45) is 2.19. The van der Waals surface area contributed by atoms with Crippen molar-refractivity contribution in [2.75, 3.05) is 18.4 Å². The molecule has 31 heavy (non-hydrogen) atoms. The maximum atomic E-state index is 15.0. The van der Waals surface area contributed by atoms with Gasteiger partial charge in [0.25, 0.3) is 5.91 Å². The Morgan fingerprint density at radius 2 is 1.71 bits per heavy atom. The Morgan fingerprint density at radius 1 is 1.06 bits per heavy atom. The van der Waals surface area contributed by atoms with Crippen molar-refractivity contribution in [2.24, 2.45) is 5.92 Å². The third kappa shape index (κ3) is 4.58. The van der Waals surface area contributed by atoms with E-state index in [1.807, 2.05) is 42.5 Å². The van der Waals surface area contributed by atoms with Crippen LogP contribution in [0, 0.1) is 25.6 Å². The van der Waals surface area contributed by atoms with Gasteiger partial charge in [0.1, 0.15) is 10.8 Å². The quantitative estimate of drug-likeness (QED) is 0.490. The molecule has 1 fully saturated rings. The highest BCUT2D eigenvalue weighted by molar-refractivity contribution is 7.16. The van der Waals surface area contributed by atoms with Crippen LogP contribution in [0.15, 0.2) is 54.6 Å². The van der Waals surface area contributed by atoms with Crippen LogP contribution in [-0.2, 0) is 0 Å². The molecule has 1 aliphatic rings. The minimum atomic E-state index is -0.218. The first kappa shape index (κ1) is 21.7. The number of benzene rings is 2. The average molecular weight is 437 g/mol. The maximum absolute atomic E-state index is 15.0. The summed E-state index contributed by atoms with van der Waals surface area (Å²) in [6, 6.07) is 16.1. The third-order valence-corrected chi connectivity index (χ3v) is 7.49. The first-order chi connectivity index (χ1) is 15.0. The number of hydrogen-bond acceptors (Lipinski definition) is 3. The highest BCUT2D eigenvalue weighted by atomic mass is 32.1. The lowest BCUT2D eigenvalue weighted by Crippen LogP contribution is -2.37. The lowest BCUT2D eigenvalue weighted by atomic mass is 9.90. The van der Waals surface area contributed by atoms with Crippen molar-refractivity contribution in [3.63, 3.8) is 0 Å². The van der Waals surface area contributed by atoms with Crippen LogP contribution >= 0.6 is 11.3 Å². The summed E-state index contributed by atoms with van der Waals surface area (Å²) >= 11 is 1.58. The van der Waals surface area contributed by atoms with E-state index in [0.717, 1.165) is 46.9 Å². The second-order valence-corrected chi connectivity index (χ2v) is 9.71. The van der Waals surface area contributed by atoms with Gasteiger partial charge >= 0.3 is 0 Å². The van der Waals surface area contributed by atoms with Gasteiger partial charge in [-0.25, -0.2) is 4.39 Å². The van der Waals surface area contributed by atoms with E-state index in [2.05, 4.69) is 31.0 Å². The maximum Gasteiger partial charge on any atom is 0.256 e. The van der Waals surface area contributed by atoms with Gasteiger partial charge in [-0.05, 0) is 69.5 Å². The normalized spacial score (nSPS) is 16.3. The van der Waals surface area contributed by atoms with Gasteiger partial charge in [-0.15, -0.1) is 11.3 Å².